The lowest BCUT2D eigenvalue weighted by atomic mass is 10.5. The maximum absolute atomic E-state index is 3.90. The summed E-state index contributed by atoms with van der Waals surface area (Å²) in [4.78, 5) is 0. The fourth-order valence-electron chi connectivity index (χ4n) is 0.492. The van der Waals surface area contributed by atoms with Crippen molar-refractivity contribution in [1.82, 2.24) is 10.2 Å². The summed E-state index contributed by atoms with van der Waals surface area (Å²) in [6.07, 6.45) is 2.68. The van der Waals surface area contributed by atoms with Gasteiger partial charge in [0.15, 0.2) is 0 Å². The lowest BCUT2D eigenvalue weighted by molar-refractivity contribution is 0.979. The highest BCUT2D eigenvalue weighted by atomic mass is 32.1. The smallest absolute Gasteiger partial charge is 0.139 e. The van der Waals surface area contributed by atoms with Gasteiger partial charge in [-0.3, -0.25) is 0 Å². The van der Waals surface area contributed by atoms with E-state index in [4.69, 9.17) is 0 Å². The summed E-state index contributed by atoms with van der Waals surface area (Å²) in [5, 5.41) is 9.74. The number of nitrogens with zero attached hydrogens (tertiary/aromatic N) is 2. The zero-order valence-corrected chi connectivity index (χ0v) is 6.11. The van der Waals surface area contributed by atoms with Crippen LogP contribution in [-0.4, -0.2) is 10.2 Å². The van der Waals surface area contributed by atoms with Crippen LogP contribution in [0.2, 0.25) is 0 Å². The Balaban J connectivity index is 2.86. The third-order valence-corrected chi connectivity index (χ3v) is 2.02. The molecule has 0 radical (unpaired) electrons. The van der Waals surface area contributed by atoms with E-state index in [0.29, 0.717) is 0 Å². The van der Waals surface area contributed by atoms with Crippen LogP contribution in [0.5, 0.6) is 0 Å². The van der Waals surface area contributed by atoms with Crippen molar-refractivity contribution in [2.75, 3.05) is 0 Å². The minimum atomic E-state index is 0.909. The first-order valence-electron chi connectivity index (χ1n) is 2.81. The van der Waals surface area contributed by atoms with E-state index in [0.717, 1.165) is 16.4 Å². The van der Waals surface area contributed by atoms with Crippen molar-refractivity contribution >= 4 is 17.4 Å². The molecule has 0 spiro atoms. The minimum Gasteiger partial charge on any atom is -0.143 e. The number of aryl methyl sites for hydroxylation is 1. The zero-order valence-electron chi connectivity index (χ0n) is 5.29. The maximum atomic E-state index is 3.90. The monoisotopic (exact) mass is 140 g/mol. The van der Waals surface area contributed by atoms with Crippen molar-refractivity contribution < 1.29 is 0 Å². The quantitative estimate of drug-likeness (QED) is 0.625. The molecular formula is C6H8N2S. The second kappa shape index (κ2) is 2.73. The van der Waals surface area contributed by atoms with Gasteiger partial charge in [0.05, 0.1) is 0 Å². The molecule has 0 aliphatic rings. The van der Waals surface area contributed by atoms with Crippen LogP contribution < -0.4 is 0 Å². The Morgan fingerprint density at radius 3 is 2.78 bits per heavy atom. The van der Waals surface area contributed by atoms with Gasteiger partial charge >= 0.3 is 0 Å². The molecule has 2 nitrogen and oxygen atoms in total. The highest BCUT2D eigenvalue weighted by Crippen LogP contribution is 2.09. The van der Waals surface area contributed by atoms with E-state index in [1.807, 2.05) is 0 Å². The van der Waals surface area contributed by atoms with Gasteiger partial charge in [-0.2, -0.15) is 0 Å². The third kappa shape index (κ3) is 1.36. The number of aromatic nitrogens is 2. The first-order valence-corrected chi connectivity index (χ1v) is 3.63. The third-order valence-electron chi connectivity index (χ3n) is 0.960. The molecule has 0 unspecified atom stereocenters. The molecule has 1 aromatic heterocycles. The number of hydrogen-bond acceptors (Lipinski definition) is 3. The summed E-state index contributed by atoms with van der Waals surface area (Å²) in [5.74, 6) is 0. The topological polar surface area (TPSA) is 25.8 Å². The first kappa shape index (κ1) is 6.42. The lowest BCUT2D eigenvalue weighted by Gasteiger charge is -1.76. The second-order valence-corrected chi connectivity index (χ2v) is 2.69. The molecule has 0 atom stereocenters. The number of hydrogen-bond donors (Lipinski definition) is 0. The molecule has 0 fully saturated rings. The van der Waals surface area contributed by atoms with Crippen molar-refractivity contribution in [3.63, 3.8) is 0 Å². The second-order valence-electron chi connectivity index (χ2n) is 1.59. The Morgan fingerprint density at radius 1 is 1.67 bits per heavy atom. The van der Waals surface area contributed by atoms with E-state index in [1.54, 1.807) is 17.4 Å². The Bertz CT molecular complexity index is 205. The van der Waals surface area contributed by atoms with E-state index in [9.17, 15) is 0 Å². The summed E-state index contributed by atoms with van der Waals surface area (Å²) >= 11 is 1.59. The van der Waals surface area contributed by atoms with Crippen molar-refractivity contribution in [3.8, 4) is 0 Å². The Morgan fingerprint density at radius 2 is 2.44 bits per heavy atom. The largest absolute Gasteiger partial charge is 0.143 e. The van der Waals surface area contributed by atoms with Gasteiger partial charge in [-0.25, -0.2) is 0 Å². The van der Waals surface area contributed by atoms with Gasteiger partial charge in [-0.15, -0.1) is 10.2 Å². The molecule has 0 saturated carbocycles. The van der Waals surface area contributed by atoms with Crippen molar-refractivity contribution in [2.24, 2.45) is 0 Å². The predicted octanol–water partition coefficient (Wildman–Crippen LogP) is 1.74. The average molecular weight is 140 g/mol. The Hall–Kier alpha value is -0.700. The molecule has 9 heavy (non-hydrogen) atoms. The fourth-order valence-corrected chi connectivity index (χ4v) is 1.12. The van der Waals surface area contributed by atoms with Crippen LogP contribution >= 0.6 is 11.3 Å². The molecule has 1 aromatic rings. The van der Waals surface area contributed by atoms with Crippen LogP contribution in [0.3, 0.4) is 0 Å². The van der Waals surface area contributed by atoms with Gasteiger partial charge in [0.25, 0.3) is 0 Å². The zero-order chi connectivity index (χ0) is 6.69. The van der Waals surface area contributed by atoms with Gasteiger partial charge in [-0.05, 0) is 12.5 Å². The molecule has 0 N–H and O–H groups in total. The molecule has 0 aromatic carbocycles. The molecule has 0 bridgehead atoms. The van der Waals surface area contributed by atoms with Crippen LogP contribution in [0.25, 0.3) is 6.08 Å². The maximum Gasteiger partial charge on any atom is 0.139 e. The Labute approximate surface area is 58.2 Å². The van der Waals surface area contributed by atoms with Gasteiger partial charge in [0.1, 0.15) is 10.0 Å². The highest BCUT2D eigenvalue weighted by Gasteiger charge is 1.95. The van der Waals surface area contributed by atoms with Crippen LogP contribution in [-0.2, 0) is 6.42 Å². The Kier molecular flexibility index (Phi) is 1.95. The lowest BCUT2D eigenvalue weighted by Crippen LogP contribution is -1.75. The van der Waals surface area contributed by atoms with Gasteiger partial charge in [0, 0.05) is 0 Å². The van der Waals surface area contributed by atoms with Crippen LogP contribution in [0.4, 0.5) is 0 Å². The molecule has 3 heteroatoms. The summed E-state index contributed by atoms with van der Waals surface area (Å²) < 4.78 is 0. The normalized spacial score (nSPS) is 9.44. The fraction of sp³-hybridized carbons (Fsp3) is 0.333. The molecule has 48 valence electrons. The van der Waals surface area contributed by atoms with Crippen LogP contribution in [0.1, 0.15) is 16.9 Å². The van der Waals surface area contributed by atoms with Crippen molar-refractivity contribution in [3.05, 3.63) is 16.6 Å². The van der Waals surface area contributed by atoms with Crippen LogP contribution in [0, 0.1) is 0 Å². The molecule has 0 saturated heterocycles. The van der Waals surface area contributed by atoms with E-state index < -0.39 is 0 Å². The highest BCUT2D eigenvalue weighted by molar-refractivity contribution is 7.12. The predicted molar refractivity (Wildman–Crippen MR) is 39.4 cm³/mol. The summed E-state index contributed by atoms with van der Waals surface area (Å²) in [5.41, 5.74) is 0. The number of rotatable bonds is 2. The average Bonchev–Trinajstić information content (AvgIpc) is 2.34. The molecular weight excluding hydrogens is 132 g/mol. The van der Waals surface area contributed by atoms with Gasteiger partial charge < -0.3 is 0 Å². The van der Waals surface area contributed by atoms with Crippen molar-refractivity contribution in [1.29, 1.82) is 0 Å². The standard InChI is InChI=1S/C6H8N2S/c1-3-5-7-8-6(4-2)9-5/h3H,1,4H2,2H3. The van der Waals surface area contributed by atoms with Gasteiger partial charge in [0.2, 0.25) is 0 Å². The SMILES string of the molecule is C=Cc1nnc(CC)s1. The molecule has 1 rings (SSSR count). The molecule has 0 aliphatic heterocycles. The summed E-state index contributed by atoms with van der Waals surface area (Å²) in [6.45, 7) is 5.65. The molecule has 1 heterocycles. The molecule has 0 aliphatic carbocycles. The summed E-state index contributed by atoms with van der Waals surface area (Å²) in [7, 11) is 0. The van der Waals surface area contributed by atoms with E-state index in [1.165, 1.54) is 0 Å². The minimum absolute atomic E-state index is 0.909. The summed E-state index contributed by atoms with van der Waals surface area (Å²) in [6, 6.07) is 0. The van der Waals surface area contributed by atoms with Crippen LogP contribution in [0.15, 0.2) is 6.58 Å². The van der Waals surface area contributed by atoms with E-state index >= 15 is 0 Å². The van der Waals surface area contributed by atoms with E-state index in [2.05, 4.69) is 23.7 Å². The van der Waals surface area contributed by atoms with Crippen molar-refractivity contribution in [2.45, 2.75) is 13.3 Å². The molecule has 0 amide bonds. The van der Waals surface area contributed by atoms with Gasteiger partial charge in [-0.1, -0.05) is 24.8 Å². The first-order chi connectivity index (χ1) is 4.36. The van der Waals surface area contributed by atoms with E-state index in [-0.39, 0.29) is 0 Å².